The molecule has 0 saturated carbocycles. The van der Waals surface area contributed by atoms with E-state index in [2.05, 4.69) is 21.2 Å². The third-order valence-electron chi connectivity index (χ3n) is 5.58. The lowest BCUT2D eigenvalue weighted by Crippen LogP contribution is -2.50. The fraction of sp³-hybridized carbons (Fsp3) is 0.231. The monoisotopic (exact) mass is 557 g/mol. The number of nitrogens with one attached hydrogen (secondary N) is 1. The van der Waals surface area contributed by atoms with Crippen LogP contribution in [0.4, 0.5) is 5.69 Å². The molecule has 0 radical (unpaired) electrons. The van der Waals surface area contributed by atoms with Gasteiger partial charge in [0.25, 0.3) is 10.0 Å². The molecule has 1 atom stereocenters. The SMILES string of the molecule is CNC(=O)[C@H](C)N(Cc1ccc(Br)cc1)C(=O)CN(c1cccc(C)c1)S(=O)(=O)c1ccccc1. The number of likely N-dealkylation sites (N-methyl/N-ethyl adjacent to an activating group) is 1. The highest BCUT2D eigenvalue weighted by Gasteiger charge is 2.32. The van der Waals surface area contributed by atoms with Gasteiger partial charge in [0.15, 0.2) is 0 Å². The number of carbonyl (C=O) groups excluding carboxylic acids is 2. The summed E-state index contributed by atoms with van der Waals surface area (Å²) in [5.74, 6) is -0.839. The Morgan fingerprint density at radius 3 is 2.23 bits per heavy atom. The second kappa shape index (κ2) is 11.5. The van der Waals surface area contributed by atoms with Gasteiger partial charge in [-0.2, -0.15) is 0 Å². The highest BCUT2D eigenvalue weighted by Crippen LogP contribution is 2.25. The highest BCUT2D eigenvalue weighted by molar-refractivity contribution is 9.10. The first-order valence-corrected chi connectivity index (χ1v) is 13.3. The number of carbonyl (C=O) groups is 2. The number of amides is 2. The Morgan fingerprint density at radius 1 is 0.971 bits per heavy atom. The number of hydrogen-bond donors (Lipinski definition) is 1. The first-order valence-electron chi connectivity index (χ1n) is 11.0. The lowest BCUT2D eigenvalue weighted by atomic mass is 10.1. The zero-order chi connectivity index (χ0) is 25.6. The molecule has 0 fully saturated rings. The number of benzene rings is 3. The third-order valence-corrected chi connectivity index (χ3v) is 7.90. The Morgan fingerprint density at radius 2 is 1.63 bits per heavy atom. The van der Waals surface area contributed by atoms with E-state index in [1.165, 1.54) is 24.1 Å². The van der Waals surface area contributed by atoms with Crippen LogP contribution in [0.5, 0.6) is 0 Å². The van der Waals surface area contributed by atoms with Crippen molar-refractivity contribution in [3.63, 3.8) is 0 Å². The van der Waals surface area contributed by atoms with E-state index in [1.54, 1.807) is 43.3 Å². The molecule has 3 aromatic carbocycles. The molecule has 184 valence electrons. The summed E-state index contributed by atoms with van der Waals surface area (Å²) in [4.78, 5) is 27.6. The number of hydrogen-bond acceptors (Lipinski definition) is 4. The van der Waals surface area contributed by atoms with Crippen molar-refractivity contribution in [3.05, 3.63) is 94.5 Å². The minimum Gasteiger partial charge on any atom is -0.357 e. The molecule has 35 heavy (non-hydrogen) atoms. The minimum absolute atomic E-state index is 0.0770. The molecule has 0 bridgehead atoms. The third kappa shape index (κ3) is 6.49. The lowest BCUT2D eigenvalue weighted by molar-refractivity contribution is -0.139. The van der Waals surface area contributed by atoms with Crippen LogP contribution < -0.4 is 9.62 Å². The molecule has 1 N–H and O–H groups in total. The second-order valence-electron chi connectivity index (χ2n) is 8.10. The number of sulfonamides is 1. The van der Waals surface area contributed by atoms with E-state index in [0.29, 0.717) is 5.69 Å². The average Bonchev–Trinajstić information content (AvgIpc) is 2.86. The fourth-order valence-corrected chi connectivity index (χ4v) is 5.30. The second-order valence-corrected chi connectivity index (χ2v) is 10.9. The number of anilines is 1. The molecule has 0 unspecified atom stereocenters. The van der Waals surface area contributed by atoms with Crippen molar-refractivity contribution < 1.29 is 18.0 Å². The molecule has 9 heteroatoms. The van der Waals surface area contributed by atoms with Crippen molar-refractivity contribution >= 4 is 43.5 Å². The highest BCUT2D eigenvalue weighted by atomic mass is 79.9. The quantitative estimate of drug-likeness (QED) is 0.428. The molecule has 0 aromatic heterocycles. The van der Waals surface area contributed by atoms with E-state index in [-0.39, 0.29) is 17.3 Å². The summed E-state index contributed by atoms with van der Waals surface area (Å²) in [6.45, 7) is 3.16. The molecule has 3 aromatic rings. The van der Waals surface area contributed by atoms with Gasteiger partial charge in [-0.3, -0.25) is 13.9 Å². The van der Waals surface area contributed by atoms with Crippen LogP contribution in [0, 0.1) is 6.92 Å². The molecule has 0 aliphatic heterocycles. The molecule has 7 nitrogen and oxygen atoms in total. The van der Waals surface area contributed by atoms with E-state index in [9.17, 15) is 18.0 Å². The molecule has 0 spiro atoms. The predicted octanol–water partition coefficient (Wildman–Crippen LogP) is 4.12. The first kappa shape index (κ1) is 26.4. The smallest absolute Gasteiger partial charge is 0.264 e. The van der Waals surface area contributed by atoms with Crippen LogP contribution in [-0.4, -0.2) is 44.8 Å². The van der Waals surface area contributed by atoms with Crippen molar-refractivity contribution in [2.45, 2.75) is 31.3 Å². The molecule has 0 aliphatic carbocycles. The lowest BCUT2D eigenvalue weighted by Gasteiger charge is -2.31. The Labute approximate surface area is 214 Å². The van der Waals surface area contributed by atoms with Crippen LogP contribution in [0.1, 0.15) is 18.1 Å². The molecule has 0 saturated heterocycles. The Bertz CT molecular complexity index is 1280. The van der Waals surface area contributed by atoms with Gasteiger partial charge in [-0.05, 0) is 61.4 Å². The molecular formula is C26H28BrN3O4S. The van der Waals surface area contributed by atoms with Crippen LogP contribution in [0.15, 0.2) is 88.2 Å². The predicted molar refractivity (Wildman–Crippen MR) is 140 cm³/mol. The largest absolute Gasteiger partial charge is 0.357 e. The van der Waals surface area contributed by atoms with Crippen LogP contribution in [0.3, 0.4) is 0 Å². The Kier molecular flexibility index (Phi) is 8.69. The van der Waals surface area contributed by atoms with Crippen molar-refractivity contribution in [2.75, 3.05) is 17.9 Å². The van der Waals surface area contributed by atoms with Crippen LogP contribution >= 0.6 is 15.9 Å². The van der Waals surface area contributed by atoms with Gasteiger partial charge in [-0.25, -0.2) is 8.42 Å². The van der Waals surface area contributed by atoms with E-state index >= 15 is 0 Å². The molecule has 0 heterocycles. The molecule has 3 rings (SSSR count). The number of nitrogens with zero attached hydrogens (tertiary/aromatic N) is 2. The van der Waals surface area contributed by atoms with Gasteiger partial charge in [0, 0.05) is 18.1 Å². The normalized spacial score (nSPS) is 12.0. The van der Waals surface area contributed by atoms with Gasteiger partial charge in [0.2, 0.25) is 11.8 Å². The summed E-state index contributed by atoms with van der Waals surface area (Å²) in [6.07, 6.45) is 0. The van der Waals surface area contributed by atoms with Crippen LogP contribution in [0.2, 0.25) is 0 Å². The summed E-state index contributed by atoms with van der Waals surface area (Å²) in [5.41, 5.74) is 2.04. The summed E-state index contributed by atoms with van der Waals surface area (Å²) in [6, 6.07) is 21.5. The first-order chi connectivity index (χ1) is 16.6. The zero-order valence-electron chi connectivity index (χ0n) is 19.8. The van der Waals surface area contributed by atoms with Crippen molar-refractivity contribution in [1.29, 1.82) is 0 Å². The molecule has 2 amide bonds. The topological polar surface area (TPSA) is 86.8 Å². The summed E-state index contributed by atoms with van der Waals surface area (Å²) in [7, 11) is -2.55. The zero-order valence-corrected chi connectivity index (χ0v) is 22.2. The van der Waals surface area contributed by atoms with E-state index in [4.69, 9.17) is 0 Å². The van der Waals surface area contributed by atoms with Crippen molar-refractivity contribution in [2.24, 2.45) is 0 Å². The standard InChI is InChI=1S/C26H28BrN3O4S/c1-19-8-7-9-23(16-19)30(35(33,34)24-10-5-4-6-11-24)18-25(31)29(20(2)26(32)28-3)17-21-12-14-22(27)15-13-21/h4-16,20H,17-18H2,1-3H3,(H,28,32)/t20-/m0/s1. The number of halogens is 1. The van der Waals surface area contributed by atoms with Crippen LogP contribution in [-0.2, 0) is 26.2 Å². The van der Waals surface area contributed by atoms with Gasteiger partial charge >= 0.3 is 0 Å². The number of aryl methyl sites for hydroxylation is 1. The van der Waals surface area contributed by atoms with Gasteiger partial charge in [-0.15, -0.1) is 0 Å². The number of rotatable bonds is 9. The van der Waals surface area contributed by atoms with E-state index < -0.39 is 28.5 Å². The average molecular weight is 558 g/mol. The maximum Gasteiger partial charge on any atom is 0.264 e. The van der Waals surface area contributed by atoms with E-state index in [1.807, 2.05) is 37.3 Å². The van der Waals surface area contributed by atoms with Gasteiger partial charge in [0.05, 0.1) is 10.6 Å². The van der Waals surface area contributed by atoms with Crippen molar-refractivity contribution in [3.8, 4) is 0 Å². The van der Waals surface area contributed by atoms with Gasteiger partial charge in [-0.1, -0.05) is 58.4 Å². The summed E-state index contributed by atoms with van der Waals surface area (Å²) >= 11 is 3.39. The molecule has 0 aliphatic rings. The van der Waals surface area contributed by atoms with Gasteiger partial charge < -0.3 is 10.2 Å². The summed E-state index contributed by atoms with van der Waals surface area (Å²) < 4.78 is 29.2. The van der Waals surface area contributed by atoms with Crippen LogP contribution in [0.25, 0.3) is 0 Å². The van der Waals surface area contributed by atoms with Crippen molar-refractivity contribution in [1.82, 2.24) is 10.2 Å². The maximum atomic E-state index is 13.7. The van der Waals surface area contributed by atoms with Gasteiger partial charge in [0.1, 0.15) is 12.6 Å². The maximum absolute atomic E-state index is 13.7. The van der Waals surface area contributed by atoms with E-state index in [0.717, 1.165) is 19.9 Å². The summed E-state index contributed by atoms with van der Waals surface area (Å²) in [5, 5.41) is 2.57. The fourth-order valence-electron chi connectivity index (χ4n) is 3.61. The Hall–Kier alpha value is -3.17. The molecular weight excluding hydrogens is 530 g/mol. The Balaban J connectivity index is 2.01. The minimum atomic E-state index is -4.05.